The van der Waals surface area contributed by atoms with Crippen LogP contribution < -0.4 is 0 Å². The van der Waals surface area contributed by atoms with Gasteiger partial charge in [0.2, 0.25) is 0 Å². The van der Waals surface area contributed by atoms with Crippen LogP contribution in [0, 0.1) is 11.3 Å². The average molecular weight is 286 g/mol. The SMILES string of the molecule is CC(O)C(C)OC1(C(=O)O)CCCC(C(C)(C)C)CC1. The zero-order valence-electron chi connectivity index (χ0n) is 13.5. The molecule has 0 saturated heterocycles. The van der Waals surface area contributed by atoms with E-state index >= 15 is 0 Å². The summed E-state index contributed by atoms with van der Waals surface area (Å²) in [6, 6.07) is 0. The van der Waals surface area contributed by atoms with Crippen LogP contribution in [0.3, 0.4) is 0 Å². The fourth-order valence-corrected chi connectivity index (χ4v) is 3.01. The van der Waals surface area contributed by atoms with Gasteiger partial charge in [-0.15, -0.1) is 0 Å². The Balaban J connectivity index is 2.85. The van der Waals surface area contributed by atoms with E-state index in [1.165, 1.54) is 0 Å². The molecule has 0 bridgehead atoms. The summed E-state index contributed by atoms with van der Waals surface area (Å²) in [5.74, 6) is -0.367. The Morgan fingerprint density at radius 2 is 1.85 bits per heavy atom. The molecule has 4 atom stereocenters. The smallest absolute Gasteiger partial charge is 0.335 e. The molecule has 0 amide bonds. The molecule has 4 unspecified atom stereocenters. The predicted molar refractivity (Wildman–Crippen MR) is 78.6 cm³/mol. The molecule has 1 aliphatic rings. The van der Waals surface area contributed by atoms with Gasteiger partial charge in [-0.2, -0.15) is 0 Å². The van der Waals surface area contributed by atoms with E-state index in [0.717, 1.165) is 19.3 Å². The Bertz CT molecular complexity index is 332. The van der Waals surface area contributed by atoms with Gasteiger partial charge in [-0.25, -0.2) is 4.79 Å². The molecule has 0 aromatic heterocycles. The first-order chi connectivity index (χ1) is 9.08. The molecule has 1 rings (SSSR count). The highest BCUT2D eigenvalue weighted by Gasteiger charge is 2.44. The summed E-state index contributed by atoms with van der Waals surface area (Å²) in [5, 5.41) is 19.2. The van der Waals surface area contributed by atoms with Crippen molar-refractivity contribution in [2.45, 2.75) is 84.5 Å². The van der Waals surface area contributed by atoms with Gasteiger partial charge < -0.3 is 14.9 Å². The van der Waals surface area contributed by atoms with Crippen LogP contribution in [0.4, 0.5) is 0 Å². The molecule has 4 nitrogen and oxygen atoms in total. The average Bonchev–Trinajstić information content (AvgIpc) is 2.51. The van der Waals surface area contributed by atoms with Crippen LogP contribution in [0.25, 0.3) is 0 Å². The van der Waals surface area contributed by atoms with Crippen LogP contribution in [-0.2, 0) is 9.53 Å². The van der Waals surface area contributed by atoms with E-state index in [9.17, 15) is 15.0 Å². The molecular weight excluding hydrogens is 256 g/mol. The monoisotopic (exact) mass is 286 g/mol. The number of hydrogen-bond acceptors (Lipinski definition) is 3. The standard InChI is InChI=1S/C16H30O4/c1-11(17)12(2)20-16(14(18)19)9-6-7-13(8-10-16)15(3,4)5/h11-13,17H,6-10H2,1-5H3,(H,18,19). The van der Waals surface area contributed by atoms with Crippen LogP contribution in [0.1, 0.15) is 66.7 Å². The minimum atomic E-state index is -1.13. The van der Waals surface area contributed by atoms with E-state index in [4.69, 9.17) is 4.74 Å². The van der Waals surface area contributed by atoms with Crippen molar-refractivity contribution in [2.24, 2.45) is 11.3 Å². The first kappa shape index (κ1) is 17.4. The van der Waals surface area contributed by atoms with E-state index in [2.05, 4.69) is 20.8 Å². The van der Waals surface area contributed by atoms with Crippen molar-refractivity contribution >= 4 is 5.97 Å². The number of ether oxygens (including phenoxy) is 1. The van der Waals surface area contributed by atoms with Crippen LogP contribution in [0.5, 0.6) is 0 Å². The molecule has 0 spiro atoms. The highest BCUT2D eigenvalue weighted by atomic mass is 16.5. The molecule has 1 aliphatic carbocycles. The van der Waals surface area contributed by atoms with Crippen LogP contribution in [0.2, 0.25) is 0 Å². The number of aliphatic hydroxyl groups is 1. The maximum absolute atomic E-state index is 11.7. The third-order valence-corrected chi connectivity index (χ3v) is 4.74. The molecule has 2 N–H and O–H groups in total. The first-order valence-corrected chi connectivity index (χ1v) is 7.68. The highest BCUT2D eigenvalue weighted by Crippen LogP contribution is 2.41. The number of hydrogen-bond donors (Lipinski definition) is 2. The second kappa shape index (κ2) is 6.44. The lowest BCUT2D eigenvalue weighted by atomic mass is 9.76. The molecule has 0 radical (unpaired) electrons. The zero-order chi connectivity index (χ0) is 15.6. The maximum Gasteiger partial charge on any atom is 0.335 e. The third kappa shape index (κ3) is 4.19. The van der Waals surface area contributed by atoms with Gasteiger partial charge in [0.05, 0.1) is 12.2 Å². The molecule has 0 heterocycles. The first-order valence-electron chi connectivity index (χ1n) is 7.68. The number of aliphatic hydroxyl groups excluding tert-OH is 1. The summed E-state index contributed by atoms with van der Waals surface area (Å²) in [4.78, 5) is 11.7. The van der Waals surface area contributed by atoms with Crippen molar-refractivity contribution in [1.29, 1.82) is 0 Å². The fraction of sp³-hybridized carbons (Fsp3) is 0.938. The Morgan fingerprint density at radius 1 is 1.25 bits per heavy atom. The molecule has 0 aliphatic heterocycles. The Kier molecular flexibility index (Phi) is 5.61. The predicted octanol–water partition coefficient (Wildman–Crippen LogP) is 3.22. The molecule has 0 aromatic carbocycles. The highest BCUT2D eigenvalue weighted by molar-refractivity contribution is 5.77. The second-order valence-electron chi connectivity index (χ2n) is 7.36. The van der Waals surface area contributed by atoms with Gasteiger partial charge in [0.25, 0.3) is 0 Å². The lowest BCUT2D eigenvalue weighted by molar-refractivity contribution is -0.183. The van der Waals surface area contributed by atoms with E-state index in [0.29, 0.717) is 18.8 Å². The summed E-state index contributed by atoms with van der Waals surface area (Å²) >= 11 is 0. The van der Waals surface area contributed by atoms with Crippen LogP contribution in [-0.4, -0.2) is 34.0 Å². The fourth-order valence-electron chi connectivity index (χ4n) is 3.01. The van der Waals surface area contributed by atoms with Crippen molar-refractivity contribution in [2.75, 3.05) is 0 Å². The van der Waals surface area contributed by atoms with Crippen LogP contribution in [0.15, 0.2) is 0 Å². The third-order valence-electron chi connectivity index (χ3n) is 4.74. The zero-order valence-corrected chi connectivity index (χ0v) is 13.5. The maximum atomic E-state index is 11.7. The number of carboxylic acids is 1. The summed E-state index contributed by atoms with van der Waals surface area (Å²) in [6.07, 6.45) is 2.71. The molecule has 4 heteroatoms. The van der Waals surface area contributed by atoms with Crippen molar-refractivity contribution in [1.82, 2.24) is 0 Å². The number of rotatable bonds is 4. The Labute approximate surface area is 122 Å². The van der Waals surface area contributed by atoms with E-state index in [-0.39, 0.29) is 5.41 Å². The quantitative estimate of drug-likeness (QED) is 0.779. The normalized spacial score (nSPS) is 31.4. The van der Waals surface area contributed by atoms with Gasteiger partial charge in [0.15, 0.2) is 5.60 Å². The summed E-state index contributed by atoms with van der Waals surface area (Å²) in [6.45, 7) is 10.0. The van der Waals surface area contributed by atoms with Crippen molar-refractivity contribution in [3.8, 4) is 0 Å². The van der Waals surface area contributed by atoms with E-state index in [1.807, 2.05) is 0 Å². The van der Waals surface area contributed by atoms with E-state index in [1.54, 1.807) is 13.8 Å². The van der Waals surface area contributed by atoms with Gasteiger partial charge in [0.1, 0.15) is 0 Å². The molecule has 0 aromatic rings. The van der Waals surface area contributed by atoms with Crippen molar-refractivity contribution in [3.63, 3.8) is 0 Å². The van der Waals surface area contributed by atoms with Gasteiger partial charge in [-0.1, -0.05) is 20.8 Å². The topological polar surface area (TPSA) is 66.8 Å². The number of carboxylic acid groups (broad SMARTS) is 1. The van der Waals surface area contributed by atoms with Gasteiger partial charge in [-0.3, -0.25) is 0 Å². The minimum Gasteiger partial charge on any atom is -0.479 e. The van der Waals surface area contributed by atoms with Crippen molar-refractivity contribution < 1.29 is 19.7 Å². The molecule has 118 valence electrons. The van der Waals surface area contributed by atoms with E-state index < -0.39 is 23.8 Å². The lowest BCUT2D eigenvalue weighted by Crippen LogP contribution is -2.46. The minimum absolute atomic E-state index is 0.199. The number of aliphatic carboxylic acids is 1. The van der Waals surface area contributed by atoms with Crippen LogP contribution >= 0.6 is 0 Å². The van der Waals surface area contributed by atoms with Gasteiger partial charge in [-0.05, 0) is 57.3 Å². The molecule has 1 fully saturated rings. The van der Waals surface area contributed by atoms with Gasteiger partial charge >= 0.3 is 5.97 Å². The molecule has 1 saturated carbocycles. The second-order valence-corrected chi connectivity index (χ2v) is 7.36. The number of carbonyl (C=O) groups is 1. The summed E-state index contributed by atoms with van der Waals surface area (Å²) in [7, 11) is 0. The summed E-state index contributed by atoms with van der Waals surface area (Å²) in [5.41, 5.74) is -0.930. The Hall–Kier alpha value is -0.610. The molecular formula is C16H30O4. The molecule has 20 heavy (non-hydrogen) atoms. The largest absolute Gasteiger partial charge is 0.479 e. The Morgan fingerprint density at radius 3 is 2.30 bits per heavy atom. The van der Waals surface area contributed by atoms with Gasteiger partial charge in [0, 0.05) is 0 Å². The summed E-state index contributed by atoms with van der Waals surface area (Å²) < 4.78 is 5.79. The lowest BCUT2D eigenvalue weighted by Gasteiger charge is -2.34. The van der Waals surface area contributed by atoms with Crippen molar-refractivity contribution in [3.05, 3.63) is 0 Å².